The summed E-state index contributed by atoms with van der Waals surface area (Å²) in [5, 5.41) is 13.9. The molecule has 1 atom stereocenters. The summed E-state index contributed by atoms with van der Waals surface area (Å²) >= 11 is 0. The van der Waals surface area contributed by atoms with Crippen LogP contribution in [0.4, 0.5) is 10.5 Å². The van der Waals surface area contributed by atoms with Crippen molar-refractivity contribution in [1.82, 2.24) is 10.2 Å². The van der Waals surface area contributed by atoms with E-state index in [-0.39, 0.29) is 0 Å². The number of piperazine rings is 1. The van der Waals surface area contributed by atoms with Crippen LogP contribution in [0.15, 0.2) is 54.6 Å². The van der Waals surface area contributed by atoms with E-state index in [9.17, 15) is 19.7 Å². The minimum Gasteiger partial charge on any atom is -0.467 e. The van der Waals surface area contributed by atoms with Crippen molar-refractivity contribution in [1.29, 1.82) is 0 Å². The number of nitrogens with zero attached hydrogens (tertiary/aromatic N) is 3. The lowest BCUT2D eigenvalue weighted by Crippen LogP contribution is -2.62. The number of carbonyl (C=O) groups excluding carboxylic acids is 2. The number of methoxy groups -OCH3 is 1. The highest BCUT2D eigenvalue weighted by molar-refractivity contribution is 5.84. The van der Waals surface area contributed by atoms with Crippen LogP contribution >= 0.6 is 0 Å². The average molecular weight is 441 g/mol. The topological polar surface area (TPSA) is 105 Å². The van der Waals surface area contributed by atoms with Crippen molar-refractivity contribution in [3.63, 3.8) is 0 Å². The van der Waals surface area contributed by atoms with Crippen molar-refractivity contribution in [2.45, 2.75) is 25.4 Å². The number of anilines is 1. The smallest absolute Gasteiger partial charge is 0.335 e. The molecule has 1 unspecified atom stereocenters. The maximum absolute atomic E-state index is 12.7. The number of benzene rings is 2. The monoisotopic (exact) mass is 440 g/mol. The zero-order valence-electron chi connectivity index (χ0n) is 18.5. The lowest BCUT2D eigenvalue weighted by molar-refractivity contribution is -0.562. The first-order chi connectivity index (χ1) is 15.2. The van der Waals surface area contributed by atoms with Gasteiger partial charge in [0.05, 0.1) is 7.11 Å². The quantitative estimate of drug-likeness (QED) is 0.421. The molecule has 0 spiro atoms. The van der Waals surface area contributed by atoms with E-state index in [1.807, 2.05) is 18.2 Å². The van der Waals surface area contributed by atoms with Gasteiger partial charge in [-0.3, -0.25) is 10.1 Å². The number of nitrogens with one attached hydrogen (secondary N) is 1. The molecule has 9 nitrogen and oxygen atoms in total. The molecule has 0 radical (unpaired) electrons. The number of carbonyl (C=O) groups is 2. The van der Waals surface area contributed by atoms with Crippen LogP contribution in [-0.4, -0.2) is 66.7 Å². The number of rotatable bonds is 6. The van der Waals surface area contributed by atoms with Crippen molar-refractivity contribution in [2.24, 2.45) is 0 Å². The molecular formula is C23H28N4O5. The summed E-state index contributed by atoms with van der Waals surface area (Å²) in [6, 6.07) is 16.5. The predicted molar refractivity (Wildman–Crippen MR) is 121 cm³/mol. The summed E-state index contributed by atoms with van der Waals surface area (Å²) in [6.07, 6.45) is 0. The van der Waals surface area contributed by atoms with Crippen molar-refractivity contribution in [2.75, 3.05) is 38.2 Å². The summed E-state index contributed by atoms with van der Waals surface area (Å²) in [5.74, 6) is -0.850. The Hall–Kier alpha value is -3.62. The van der Waals surface area contributed by atoms with Crippen molar-refractivity contribution in [3.05, 3.63) is 64.7 Å². The molecule has 0 bridgehead atoms. The Morgan fingerprint density at radius 2 is 1.56 bits per heavy atom. The maximum Gasteiger partial charge on any atom is 0.335 e. The molecule has 1 heterocycles. The van der Waals surface area contributed by atoms with Gasteiger partial charge in [-0.05, 0) is 23.3 Å². The maximum atomic E-state index is 12.7. The van der Waals surface area contributed by atoms with E-state index < -0.39 is 28.5 Å². The van der Waals surface area contributed by atoms with E-state index in [1.165, 1.54) is 13.8 Å². The van der Waals surface area contributed by atoms with E-state index in [1.54, 1.807) is 4.90 Å². The first-order valence-electron chi connectivity index (χ1n) is 10.4. The summed E-state index contributed by atoms with van der Waals surface area (Å²) in [7, 11) is 1.14. The molecule has 2 aromatic carbocycles. The summed E-state index contributed by atoms with van der Waals surface area (Å²) in [5.41, 5.74) is 1.64. The number of ether oxygens (including phenoxy) is 1. The molecule has 1 saturated heterocycles. The molecule has 0 saturated carbocycles. The van der Waals surface area contributed by atoms with Crippen molar-refractivity contribution >= 4 is 17.7 Å². The van der Waals surface area contributed by atoms with Crippen molar-refractivity contribution in [3.8, 4) is 11.1 Å². The van der Waals surface area contributed by atoms with Gasteiger partial charge in [0.2, 0.25) is 5.54 Å². The van der Waals surface area contributed by atoms with Gasteiger partial charge < -0.3 is 19.9 Å². The molecule has 1 aliphatic heterocycles. The Balaban J connectivity index is 1.60. The number of urea groups is 1. The van der Waals surface area contributed by atoms with Gasteiger partial charge in [0, 0.05) is 50.6 Å². The van der Waals surface area contributed by atoms with Crippen LogP contribution in [0.3, 0.4) is 0 Å². The van der Waals surface area contributed by atoms with Crippen LogP contribution in [-0.2, 0) is 9.53 Å². The fraction of sp³-hybridized carbons (Fsp3) is 0.391. The molecule has 170 valence electrons. The Labute approximate surface area is 187 Å². The minimum absolute atomic E-state index is 0.430. The number of hydrogen-bond donors (Lipinski definition) is 1. The molecule has 9 heteroatoms. The Kier molecular flexibility index (Phi) is 6.97. The fourth-order valence-electron chi connectivity index (χ4n) is 3.63. The normalized spacial score (nSPS) is 15.1. The van der Waals surface area contributed by atoms with E-state index >= 15 is 0 Å². The van der Waals surface area contributed by atoms with E-state index in [0.29, 0.717) is 26.2 Å². The average Bonchev–Trinajstić information content (AvgIpc) is 2.82. The third-order valence-corrected chi connectivity index (χ3v) is 5.79. The summed E-state index contributed by atoms with van der Waals surface area (Å²) < 4.78 is 4.67. The number of amides is 2. The molecular weight excluding hydrogens is 412 g/mol. The predicted octanol–water partition coefficient (Wildman–Crippen LogP) is 2.78. The van der Waals surface area contributed by atoms with Gasteiger partial charge in [-0.15, -0.1) is 0 Å². The molecule has 2 amide bonds. The molecule has 3 rings (SSSR count). The highest BCUT2D eigenvalue weighted by atomic mass is 16.6. The summed E-state index contributed by atoms with van der Waals surface area (Å²) in [4.78, 5) is 39.3. The molecule has 0 aliphatic carbocycles. The largest absolute Gasteiger partial charge is 0.467 e. The second-order valence-electron chi connectivity index (χ2n) is 8.20. The molecule has 1 aliphatic rings. The number of esters is 1. The van der Waals surface area contributed by atoms with Crippen LogP contribution in [0.1, 0.15) is 13.8 Å². The van der Waals surface area contributed by atoms with Crippen LogP contribution in [0.25, 0.3) is 11.1 Å². The second-order valence-corrected chi connectivity index (χ2v) is 8.20. The molecule has 32 heavy (non-hydrogen) atoms. The van der Waals surface area contributed by atoms with Gasteiger partial charge in [-0.2, -0.15) is 0 Å². The van der Waals surface area contributed by atoms with Gasteiger partial charge >= 0.3 is 12.0 Å². The highest BCUT2D eigenvalue weighted by Crippen LogP contribution is 2.24. The Bertz CT molecular complexity index is 954. The van der Waals surface area contributed by atoms with Gasteiger partial charge in [0.25, 0.3) is 0 Å². The van der Waals surface area contributed by atoms with Gasteiger partial charge in [-0.25, -0.2) is 9.59 Å². The Morgan fingerprint density at radius 3 is 2.09 bits per heavy atom. The van der Waals surface area contributed by atoms with Gasteiger partial charge in [0.15, 0.2) is 6.04 Å². The molecule has 1 fully saturated rings. The lowest BCUT2D eigenvalue weighted by atomic mass is 9.95. The van der Waals surface area contributed by atoms with E-state index in [4.69, 9.17) is 0 Å². The van der Waals surface area contributed by atoms with E-state index in [0.717, 1.165) is 23.9 Å². The zero-order valence-corrected chi connectivity index (χ0v) is 18.5. The SMILES string of the molecule is COC(=O)C(NC(=O)N1CCN(c2ccc(-c3ccccc3)cc2)CC1)C(C)(C)[N+](=O)[O-]. The van der Waals surface area contributed by atoms with Gasteiger partial charge in [-0.1, -0.05) is 42.5 Å². The van der Waals surface area contributed by atoms with Crippen LogP contribution in [0.2, 0.25) is 0 Å². The third-order valence-electron chi connectivity index (χ3n) is 5.79. The van der Waals surface area contributed by atoms with E-state index in [2.05, 4.69) is 51.4 Å². The van der Waals surface area contributed by atoms with Crippen LogP contribution in [0.5, 0.6) is 0 Å². The minimum atomic E-state index is -1.70. The highest BCUT2D eigenvalue weighted by Gasteiger charge is 2.48. The summed E-state index contributed by atoms with van der Waals surface area (Å²) in [6.45, 7) is 4.65. The van der Waals surface area contributed by atoms with Crippen LogP contribution < -0.4 is 10.2 Å². The number of hydrogen-bond acceptors (Lipinski definition) is 6. The first kappa shape index (κ1) is 23.1. The lowest BCUT2D eigenvalue weighted by Gasteiger charge is -2.37. The fourth-order valence-corrected chi connectivity index (χ4v) is 3.63. The first-order valence-corrected chi connectivity index (χ1v) is 10.4. The Morgan fingerprint density at radius 1 is 1.00 bits per heavy atom. The number of nitro groups is 1. The molecule has 0 aromatic heterocycles. The van der Waals surface area contributed by atoms with Gasteiger partial charge in [0.1, 0.15) is 0 Å². The zero-order chi connectivity index (χ0) is 23.3. The third kappa shape index (κ3) is 4.99. The van der Waals surface area contributed by atoms with Crippen LogP contribution in [0, 0.1) is 10.1 Å². The van der Waals surface area contributed by atoms with Crippen molar-refractivity contribution < 1.29 is 19.2 Å². The molecule has 1 N–H and O–H groups in total. The second kappa shape index (κ2) is 9.67. The standard InChI is InChI=1S/C23H28N4O5/c1-23(2,27(30)31)20(21(28)32-3)24-22(29)26-15-13-25(14-16-26)19-11-9-18(10-12-19)17-7-5-4-6-8-17/h4-12,20H,13-16H2,1-3H3,(H,24,29). The molecule has 2 aromatic rings.